The molecule has 0 atom stereocenters. The standard InChI is InChI=1S/C20H15ClFN5.2CH2O/c1-23-15-6-13(9-24-10-15)12-2-5-19-16(7-12)20(26-11-25-19)27-14-3-4-18(22)17(21)8-14;2*1-2/h2-11,23H,1H3,(H,25,26,27);2*1H2. The second-order valence-electron chi connectivity index (χ2n) is 5.92. The van der Waals surface area contributed by atoms with Crippen LogP contribution in [-0.2, 0) is 9.59 Å². The van der Waals surface area contributed by atoms with E-state index in [1.165, 1.54) is 18.5 Å². The number of benzene rings is 2. The van der Waals surface area contributed by atoms with Crippen molar-refractivity contribution < 1.29 is 14.0 Å². The van der Waals surface area contributed by atoms with Crippen LogP contribution in [0.3, 0.4) is 0 Å². The molecule has 0 saturated heterocycles. The second-order valence-corrected chi connectivity index (χ2v) is 6.33. The summed E-state index contributed by atoms with van der Waals surface area (Å²) in [7, 11) is 1.85. The molecule has 4 rings (SSSR count). The number of nitrogens with one attached hydrogen (secondary N) is 2. The molecule has 158 valence electrons. The molecule has 2 aromatic carbocycles. The second kappa shape index (κ2) is 11.3. The van der Waals surface area contributed by atoms with Gasteiger partial charge in [0, 0.05) is 36.1 Å². The Kier molecular flexibility index (Phi) is 8.53. The van der Waals surface area contributed by atoms with E-state index in [4.69, 9.17) is 21.2 Å². The molecule has 0 radical (unpaired) electrons. The first-order valence-electron chi connectivity index (χ1n) is 8.82. The van der Waals surface area contributed by atoms with Gasteiger partial charge in [0.25, 0.3) is 0 Å². The van der Waals surface area contributed by atoms with E-state index in [1.807, 2.05) is 44.9 Å². The van der Waals surface area contributed by atoms with Gasteiger partial charge in [-0.25, -0.2) is 14.4 Å². The van der Waals surface area contributed by atoms with E-state index in [2.05, 4.69) is 25.6 Å². The van der Waals surface area contributed by atoms with Gasteiger partial charge >= 0.3 is 0 Å². The van der Waals surface area contributed by atoms with Crippen LogP contribution in [0.5, 0.6) is 0 Å². The molecule has 0 unspecified atom stereocenters. The zero-order valence-corrected chi connectivity index (χ0v) is 17.4. The molecule has 0 amide bonds. The molecule has 0 aliphatic rings. The maximum atomic E-state index is 13.4. The van der Waals surface area contributed by atoms with Gasteiger partial charge < -0.3 is 20.2 Å². The molecule has 0 aliphatic heterocycles. The minimum Gasteiger partial charge on any atom is -0.387 e. The van der Waals surface area contributed by atoms with Crippen LogP contribution in [0.2, 0.25) is 5.02 Å². The molecule has 0 fully saturated rings. The first-order valence-corrected chi connectivity index (χ1v) is 9.19. The maximum absolute atomic E-state index is 13.4. The molecule has 2 N–H and O–H groups in total. The third-order valence-electron chi connectivity index (χ3n) is 4.18. The topological polar surface area (TPSA) is 96.9 Å². The number of carbonyl (C=O) groups excluding carboxylic acids is 2. The third-order valence-corrected chi connectivity index (χ3v) is 4.47. The van der Waals surface area contributed by atoms with Crippen molar-refractivity contribution in [3.8, 4) is 11.1 Å². The predicted molar refractivity (Wildman–Crippen MR) is 121 cm³/mol. The van der Waals surface area contributed by atoms with Crippen LogP contribution in [0, 0.1) is 5.82 Å². The Morgan fingerprint density at radius 2 is 1.68 bits per heavy atom. The summed E-state index contributed by atoms with van der Waals surface area (Å²) in [5, 5.41) is 7.16. The summed E-state index contributed by atoms with van der Waals surface area (Å²) in [5.74, 6) is 0.149. The summed E-state index contributed by atoms with van der Waals surface area (Å²) in [5.41, 5.74) is 4.33. The van der Waals surface area contributed by atoms with E-state index in [9.17, 15) is 4.39 Å². The van der Waals surface area contributed by atoms with Crippen LogP contribution < -0.4 is 10.6 Å². The summed E-state index contributed by atoms with van der Waals surface area (Å²) < 4.78 is 13.4. The molecule has 9 heteroatoms. The molecule has 31 heavy (non-hydrogen) atoms. The van der Waals surface area contributed by atoms with Gasteiger partial charge in [-0.2, -0.15) is 0 Å². The molecular weight excluding hydrogens is 421 g/mol. The molecule has 2 heterocycles. The zero-order chi connectivity index (χ0) is 22.8. The minimum atomic E-state index is -0.464. The van der Waals surface area contributed by atoms with E-state index in [-0.39, 0.29) is 5.02 Å². The smallest absolute Gasteiger partial charge is 0.141 e. The Morgan fingerprint density at radius 1 is 0.903 bits per heavy atom. The average molecular weight is 440 g/mol. The van der Waals surface area contributed by atoms with Crippen LogP contribution in [0.1, 0.15) is 0 Å². The fourth-order valence-corrected chi connectivity index (χ4v) is 2.96. The summed E-state index contributed by atoms with van der Waals surface area (Å²) in [4.78, 5) is 28.9. The highest BCUT2D eigenvalue weighted by atomic mass is 35.5. The summed E-state index contributed by atoms with van der Waals surface area (Å²) in [6.07, 6.45) is 5.05. The van der Waals surface area contributed by atoms with Crippen molar-refractivity contribution >= 4 is 53.3 Å². The van der Waals surface area contributed by atoms with E-state index in [1.54, 1.807) is 18.5 Å². The Labute approximate surface area is 183 Å². The number of aromatic nitrogens is 3. The number of anilines is 3. The van der Waals surface area contributed by atoms with Crippen LogP contribution >= 0.6 is 11.6 Å². The monoisotopic (exact) mass is 439 g/mol. The molecule has 4 aromatic rings. The van der Waals surface area contributed by atoms with Crippen molar-refractivity contribution in [1.82, 2.24) is 15.0 Å². The maximum Gasteiger partial charge on any atom is 0.141 e. The largest absolute Gasteiger partial charge is 0.387 e. The van der Waals surface area contributed by atoms with E-state index in [0.717, 1.165) is 27.7 Å². The predicted octanol–water partition coefficient (Wildman–Crippen LogP) is 4.90. The fourth-order valence-electron chi connectivity index (χ4n) is 2.78. The number of fused-ring (bicyclic) bond motifs is 1. The van der Waals surface area contributed by atoms with Gasteiger partial charge in [-0.05, 0) is 42.0 Å². The SMILES string of the molecule is C=O.C=O.CNc1cncc(-c2ccc3ncnc(Nc4ccc(F)c(Cl)c4)c3c2)c1. The third kappa shape index (κ3) is 5.58. The number of halogens is 2. The van der Waals surface area contributed by atoms with E-state index in [0.29, 0.717) is 11.5 Å². The highest BCUT2D eigenvalue weighted by molar-refractivity contribution is 6.31. The minimum absolute atomic E-state index is 0.0500. The lowest BCUT2D eigenvalue weighted by atomic mass is 10.0. The number of pyridine rings is 1. The van der Waals surface area contributed by atoms with Crippen molar-refractivity contribution in [1.29, 1.82) is 0 Å². The van der Waals surface area contributed by atoms with Gasteiger partial charge in [0.2, 0.25) is 0 Å². The van der Waals surface area contributed by atoms with Crippen LogP contribution in [0.15, 0.2) is 61.2 Å². The van der Waals surface area contributed by atoms with Crippen LogP contribution in [0.4, 0.5) is 21.6 Å². The summed E-state index contributed by atoms with van der Waals surface area (Å²) in [6.45, 7) is 4.00. The van der Waals surface area contributed by atoms with Gasteiger partial charge in [-0.1, -0.05) is 17.7 Å². The molecule has 0 saturated carbocycles. The lowest BCUT2D eigenvalue weighted by Gasteiger charge is -2.11. The van der Waals surface area contributed by atoms with Crippen LogP contribution in [-0.4, -0.2) is 35.6 Å². The quantitative estimate of drug-likeness (QED) is 0.466. The normalized spacial score (nSPS) is 9.65. The molecule has 7 nitrogen and oxygen atoms in total. The van der Waals surface area contributed by atoms with Gasteiger partial charge in [0.05, 0.1) is 16.2 Å². The lowest BCUT2D eigenvalue weighted by Crippen LogP contribution is -1.97. The highest BCUT2D eigenvalue weighted by Crippen LogP contribution is 2.30. The van der Waals surface area contributed by atoms with Gasteiger partial charge in [-0.3, -0.25) is 4.98 Å². The van der Waals surface area contributed by atoms with E-state index >= 15 is 0 Å². The highest BCUT2D eigenvalue weighted by Gasteiger charge is 2.09. The number of carbonyl (C=O) groups is 2. The van der Waals surface area contributed by atoms with Crippen molar-refractivity contribution in [3.63, 3.8) is 0 Å². The van der Waals surface area contributed by atoms with Crippen molar-refractivity contribution in [2.45, 2.75) is 0 Å². The number of nitrogens with zero attached hydrogens (tertiary/aromatic N) is 3. The zero-order valence-electron chi connectivity index (χ0n) is 16.6. The van der Waals surface area contributed by atoms with Crippen LogP contribution in [0.25, 0.3) is 22.0 Å². The molecule has 0 aliphatic carbocycles. The Hall–Kier alpha value is -3.91. The lowest BCUT2D eigenvalue weighted by molar-refractivity contribution is -0.0987. The van der Waals surface area contributed by atoms with Crippen molar-refractivity contribution in [2.75, 3.05) is 17.7 Å². The Bertz CT molecular complexity index is 1170. The molecule has 0 bridgehead atoms. The molecule has 0 spiro atoms. The average Bonchev–Trinajstić information content (AvgIpc) is 2.84. The molecule has 2 aromatic heterocycles. The Morgan fingerprint density at radius 3 is 2.39 bits per heavy atom. The van der Waals surface area contributed by atoms with E-state index < -0.39 is 5.82 Å². The first-order chi connectivity index (χ1) is 15.1. The summed E-state index contributed by atoms with van der Waals surface area (Å²) >= 11 is 5.87. The first kappa shape index (κ1) is 23.4. The Balaban J connectivity index is 0.000000807. The number of hydrogen-bond acceptors (Lipinski definition) is 7. The number of hydrogen-bond donors (Lipinski definition) is 2. The molecular formula is C22H19ClFN5O2. The summed E-state index contributed by atoms with van der Waals surface area (Å²) in [6, 6.07) is 12.4. The fraction of sp³-hybridized carbons (Fsp3) is 0.0455. The van der Waals surface area contributed by atoms with Gasteiger partial charge in [0.1, 0.15) is 31.5 Å². The van der Waals surface area contributed by atoms with Gasteiger partial charge in [0.15, 0.2) is 0 Å². The van der Waals surface area contributed by atoms with Gasteiger partial charge in [-0.15, -0.1) is 0 Å². The van der Waals surface area contributed by atoms with Crippen molar-refractivity contribution in [3.05, 3.63) is 72.0 Å². The van der Waals surface area contributed by atoms with Crippen molar-refractivity contribution in [2.24, 2.45) is 0 Å². The number of rotatable bonds is 4.